The number of fused-ring (bicyclic) bond motifs is 1. The SMILES string of the molecule is c1cncc(-c2ccc3cnc(Nc4ccn[nH]4)nn23)c1. The van der Waals surface area contributed by atoms with Crippen LogP contribution in [0.2, 0.25) is 0 Å². The summed E-state index contributed by atoms with van der Waals surface area (Å²) in [5.74, 6) is 1.23. The van der Waals surface area contributed by atoms with Gasteiger partial charge in [-0.05, 0) is 24.3 Å². The molecular weight excluding hydrogens is 266 g/mol. The quantitative estimate of drug-likeness (QED) is 0.600. The highest BCUT2D eigenvalue weighted by Crippen LogP contribution is 2.21. The molecule has 4 rings (SSSR count). The normalized spacial score (nSPS) is 10.9. The van der Waals surface area contributed by atoms with Gasteiger partial charge in [-0.25, -0.2) is 9.50 Å². The van der Waals surface area contributed by atoms with Gasteiger partial charge >= 0.3 is 0 Å². The molecule has 0 saturated carbocycles. The molecule has 7 nitrogen and oxygen atoms in total. The standard InChI is InChI=1S/C14H11N7/c1-2-10(8-15-6-1)12-4-3-11-9-16-14(20-21(11)12)18-13-5-7-17-19-13/h1-9H,(H2,17,18,19,20). The Balaban J connectivity index is 1.79. The summed E-state index contributed by atoms with van der Waals surface area (Å²) in [5.41, 5.74) is 2.89. The number of aromatic amines is 1. The molecule has 4 aromatic heterocycles. The van der Waals surface area contributed by atoms with Gasteiger partial charge in [0.25, 0.3) is 0 Å². The molecule has 0 bridgehead atoms. The summed E-state index contributed by atoms with van der Waals surface area (Å²) in [7, 11) is 0. The van der Waals surface area contributed by atoms with E-state index >= 15 is 0 Å². The van der Waals surface area contributed by atoms with E-state index in [1.54, 1.807) is 18.6 Å². The van der Waals surface area contributed by atoms with Crippen LogP contribution in [-0.2, 0) is 0 Å². The molecule has 0 spiro atoms. The molecule has 0 saturated heterocycles. The minimum atomic E-state index is 0.494. The fourth-order valence-corrected chi connectivity index (χ4v) is 2.14. The first kappa shape index (κ1) is 11.6. The summed E-state index contributed by atoms with van der Waals surface area (Å²) in [4.78, 5) is 8.43. The fourth-order valence-electron chi connectivity index (χ4n) is 2.14. The lowest BCUT2D eigenvalue weighted by Crippen LogP contribution is -2.02. The highest BCUT2D eigenvalue weighted by atomic mass is 15.3. The molecule has 0 aliphatic heterocycles. The average molecular weight is 277 g/mol. The monoisotopic (exact) mass is 277 g/mol. The van der Waals surface area contributed by atoms with Gasteiger partial charge in [0.2, 0.25) is 5.95 Å². The maximum absolute atomic E-state index is 4.51. The van der Waals surface area contributed by atoms with E-state index in [1.807, 2.05) is 41.0 Å². The number of hydrogen-bond donors (Lipinski definition) is 2. The van der Waals surface area contributed by atoms with Crippen molar-refractivity contribution in [2.24, 2.45) is 0 Å². The van der Waals surface area contributed by atoms with Crippen molar-refractivity contribution in [2.45, 2.75) is 0 Å². The third kappa shape index (κ3) is 2.10. The van der Waals surface area contributed by atoms with Gasteiger partial charge in [0, 0.05) is 24.0 Å². The van der Waals surface area contributed by atoms with Crippen LogP contribution in [0.4, 0.5) is 11.8 Å². The fraction of sp³-hybridized carbons (Fsp3) is 0. The maximum Gasteiger partial charge on any atom is 0.246 e. The highest BCUT2D eigenvalue weighted by molar-refractivity contribution is 5.65. The van der Waals surface area contributed by atoms with Crippen molar-refractivity contribution in [2.75, 3.05) is 5.32 Å². The van der Waals surface area contributed by atoms with Crippen LogP contribution in [0, 0.1) is 0 Å². The van der Waals surface area contributed by atoms with Crippen molar-refractivity contribution in [3.05, 3.63) is 55.1 Å². The first-order valence-electron chi connectivity index (χ1n) is 6.42. The van der Waals surface area contributed by atoms with Crippen molar-refractivity contribution in [1.29, 1.82) is 0 Å². The summed E-state index contributed by atoms with van der Waals surface area (Å²) >= 11 is 0. The van der Waals surface area contributed by atoms with Gasteiger partial charge in [-0.1, -0.05) is 0 Å². The Bertz CT molecular complexity index is 865. The first-order valence-corrected chi connectivity index (χ1v) is 6.42. The number of hydrogen-bond acceptors (Lipinski definition) is 5. The molecule has 0 aliphatic carbocycles. The van der Waals surface area contributed by atoms with Crippen LogP contribution in [0.25, 0.3) is 16.8 Å². The lowest BCUT2D eigenvalue weighted by molar-refractivity contribution is 0.915. The van der Waals surface area contributed by atoms with Crippen molar-refractivity contribution >= 4 is 17.3 Å². The van der Waals surface area contributed by atoms with Crippen LogP contribution >= 0.6 is 0 Å². The van der Waals surface area contributed by atoms with E-state index in [0.717, 1.165) is 22.6 Å². The number of nitrogens with one attached hydrogen (secondary N) is 2. The molecule has 0 aliphatic rings. The van der Waals surface area contributed by atoms with E-state index in [1.165, 1.54) is 0 Å². The van der Waals surface area contributed by atoms with E-state index in [-0.39, 0.29) is 0 Å². The van der Waals surface area contributed by atoms with Crippen LogP contribution in [-0.4, -0.2) is 29.8 Å². The largest absolute Gasteiger partial charge is 0.308 e. The summed E-state index contributed by atoms with van der Waals surface area (Å²) < 4.78 is 1.84. The molecule has 0 radical (unpaired) electrons. The minimum absolute atomic E-state index is 0.494. The van der Waals surface area contributed by atoms with Gasteiger partial charge in [-0.3, -0.25) is 10.1 Å². The molecule has 2 N–H and O–H groups in total. The molecule has 0 aromatic carbocycles. The minimum Gasteiger partial charge on any atom is -0.308 e. The summed E-state index contributed by atoms with van der Waals surface area (Å²) in [6.07, 6.45) is 6.99. The van der Waals surface area contributed by atoms with E-state index in [9.17, 15) is 0 Å². The molecule has 102 valence electrons. The van der Waals surface area contributed by atoms with Crippen molar-refractivity contribution in [3.8, 4) is 11.3 Å². The van der Waals surface area contributed by atoms with E-state index < -0.39 is 0 Å². The van der Waals surface area contributed by atoms with Crippen LogP contribution in [0.1, 0.15) is 0 Å². The van der Waals surface area contributed by atoms with Crippen LogP contribution < -0.4 is 5.32 Å². The molecule has 4 heterocycles. The number of anilines is 2. The van der Waals surface area contributed by atoms with Crippen LogP contribution in [0.3, 0.4) is 0 Å². The second-order valence-electron chi connectivity index (χ2n) is 4.47. The Morgan fingerprint density at radius 3 is 2.86 bits per heavy atom. The predicted molar refractivity (Wildman–Crippen MR) is 78.1 cm³/mol. The van der Waals surface area contributed by atoms with Gasteiger partial charge in [0.05, 0.1) is 23.6 Å². The van der Waals surface area contributed by atoms with Crippen molar-refractivity contribution in [3.63, 3.8) is 0 Å². The Kier molecular flexibility index (Phi) is 2.60. The van der Waals surface area contributed by atoms with E-state index in [0.29, 0.717) is 5.95 Å². The summed E-state index contributed by atoms with van der Waals surface area (Å²) in [6, 6.07) is 9.69. The predicted octanol–water partition coefficient (Wildman–Crippen LogP) is 2.26. The number of pyridine rings is 1. The molecular formula is C14H11N7. The number of aromatic nitrogens is 6. The van der Waals surface area contributed by atoms with Crippen molar-refractivity contribution in [1.82, 2.24) is 29.8 Å². The van der Waals surface area contributed by atoms with Crippen LogP contribution in [0.15, 0.2) is 55.1 Å². The zero-order valence-corrected chi connectivity index (χ0v) is 10.9. The van der Waals surface area contributed by atoms with E-state index in [2.05, 4.69) is 30.6 Å². The summed E-state index contributed by atoms with van der Waals surface area (Å²) in [5, 5.41) is 14.3. The van der Waals surface area contributed by atoms with Gasteiger partial charge in [0.1, 0.15) is 5.82 Å². The molecule has 0 atom stereocenters. The third-order valence-corrected chi connectivity index (χ3v) is 3.10. The summed E-state index contributed by atoms with van der Waals surface area (Å²) in [6.45, 7) is 0. The molecule has 21 heavy (non-hydrogen) atoms. The third-order valence-electron chi connectivity index (χ3n) is 3.10. The highest BCUT2D eigenvalue weighted by Gasteiger charge is 2.07. The molecule has 0 unspecified atom stereocenters. The molecule has 4 aromatic rings. The van der Waals surface area contributed by atoms with Crippen molar-refractivity contribution < 1.29 is 0 Å². The number of nitrogens with zero attached hydrogens (tertiary/aromatic N) is 5. The first-order chi connectivity index (χ1) is 10.4. The smallest absolute Gasteiger partial charge is 0.246 e. The van der Waals surface area contributed by atoms with Gasteiger partial charge in [-0.15, -0.1) is 5.10 Å². The Morgan fingerprint density at radius 2 is 2.05 bits per heavy atom. The second kappa shape index (κ2) is 4.71. The Morgan fingerprint density at radius 1 is 1.05 bits per heavy atom. The van der Waals surface area contributed by atoms with Gasteiger partial charge < -0.3 is 5.32 Å². The lowest BCUT2D eigenvalue weighted by Gasteiger charge is -2.05. The zero-order chi connectivity index (χ0) is 14.1. The number of rotatable bonds is 3. The Labute approximate surface area is 119 Å². The van der Waals surface area contributed by atoms with Gasteiger partial charge in [-0.2, -0.15) is 5.10 Å². The zero-order valence-electron chi connectivity index (χ0n) is 10.9. The number of H-pyrrole nitrogens is 1. The Hall–Kier alpha value is -3.22. The topological polar surface area (TPSA) is 83.8 Å². The van der Waals surface area contributed by atoms with E-state index in [4.69, 9.17) is 0 Å². The molecule has 0 amide bonds. The second-order valence-corrected chi connectivity index (χ2v) is 4.47. The average Bonchev–Trinajstić information content (AvgIpc) is 3.17. The molecule has 7 heteroatoms. The lowest BCUT2D eigenvalue weighted by atomic mass is 10.2. The maximum atomic E-state index is 4.51. The van der Waals surface area contributed by atoms with Crippen LogP contribution in [0.5, 0.6) is 0 Å². The van der Waals surface area contributed by atoms with Gasteiger partial charge in [0.15, 0.2) is 0 Å². The molecule has 0 fully saturated rings.